The SMILES string of the molecule is CCCCN(C(=O)[C@@H](N)CCC)C1CC1. The minimum absolute atomic E-state index is 0.174. The third kappa shape index (κ3) is 3.82. The standard InChI is InChI=1S/C12H24N2O/c1-3-5-9-14(10-7-8-10)12(15)11(13)6-4-2/h10-11H,3-9,13H2,1-2H3/t11-/m0/s1. The molecule has 1 amide bonds. The van der Waals surface area contributed by atoms with E-state index in [9.17, 15) is 4.79 Å². The summed E-state index contributed by atoms with van der Waals surface area (Å²) in [5.41, 5.74) is 5.87. The number of carbonyl (C=O) groups excluding carboxylic acids is 1. The molecule has 0 radical (unpaired) electrons. The number of unbranched alkanes of at least 4 members (excludes halogenated alkanes) is 1. The van der Waals surface area contributed by atoms with Crippen LogP contribution in [0.3, 0.4) is 0 Å². The molecule has 0 saturated heterocycles. The van der Waals surface area contributed by atoms with Crippen molar-refractivity contribution >= 4 is 5.91 Å². The van der Waals surface area contributed by atoms with Crippen molar-refractivity contribution in [2.45, 2.75) is 64.5 Å². The highest BCUT2D eigenvalue weighted by Gasteiger charge is 2.33. The Bertz CT molecular complexity index is 202. The molecular formula is C12H24N2O. The van der Waals surface area contributed by atoms with E-state index >= 15 is 0 Å². The molecule has 1 fully saturated rings. The number of hydrogen-bond acceptors (Lipinski definition) is 2. The molecule has 1 aliphatic carbocycles. The van der Waals surface area contributed by atoms with E-state index in [1.54, 1.807) is 0 Å². The van der Waals surface area contributed by atoms with Crippen molar-refractivity contribution < 1.29 is 4.79 Å². The third-order valence-corrected chi connectivity index (χ3v) is 2.94. The first kappa shape index (κ1) is 12.5. The lowest BCUT2D eigenvalue weighted by Gasteiger charge is -2.25. The lowest BCUT2D eigenvalue weighted by Crippen LogP contribution is -2.45. The van der Waals surface area contributed by atoms with Gasteiger partial charge in [0, 0.05) is 12.6 Å². The van der Waals surface area contributed by atoms with Crippen molar-refractivity contribution in [1.82, 2.24) is 4.90 Å². The first-order valence-corrected chi connectivity index (χ1v) is 6.26. The average Bonchev–Trinajstić information content (AvgIpc) is 3.02. The predicted molar refractivity (Wildman–Crippen MR) is 62.5 cm³/mol. The molecular weight excluding hydrogens is 188 g/mol. The van der Waals surface area contributed by atoms with Gasteiger partial charge < -0.3 is 10.6 Å². The van der Waals surface area contributed by atoms with Crippen LogP contribution in [0.4, 0.5) is 0 Å². The van der Waals surface area contributed by atoms with Gasteiger partial charge in [0.25, 0.3) is 0 Å². The normalized spacial score (nSPS) is 17.5. The summed E-state index contributed by atoms with van der Waals surface area (Å²) in [6.45, 7) is 5.12. The maximum atomic E-state index is 12.0. The molecule has 0 unspecified atom stereocenters. The summed E-state index contributed by atoms with van der Waals surface area (Å²) >= 11 is 0. The molecule has 3 heteroatoms. The van der Waals surface area contributed by atoms with Gasteiger partial charge in [-0.3, -0.25) is 4.79 Å². The van der Waals surface area contributed by atoms with Crippen molar-refractivity contribution in [2.75, 3.05) is 6.54 Å². The highest BCUT2D eigenvalue weighted by atomic mass is 16.2. The summed E-state index contributed by atoms with van der Waals surface area (Å²) in [5.74, 6) is 0.174. The highest BCUT2D eigenvalue weighted by molar-refractivity contribution is 5.82. The number of nitrogens with two attached hydrogens (primary N) is 1. The molecule has 1 atom stereocenters. The van der Waals surface area contributed by atoms with E-state index in [2.05, 4.69) is 13.8 Å². The molecule has 1 saturated carbocycles. The largest absolute Gasteiger partial charge is 0.338 e. The molecule has 2 N–H and O–H groups in total. The zero-order chi connectivity index (χ0) is 11.3. The van der Waals surface area contributed by atoms with Gasteiger partial charge in [-0.1, -0.05) is 26.7 Å². The van der Waals surface area contributed by atoms with Gasteiger partial charge in [0.1, 0.15) is 0 Å². The van der Waals surface area contributed by atoms with Crippen LogP contribution in [0.5, 0.6) is 0 Å². The lowest BCUT2D eigenvalue weighted by molar-refractivity contribution is -0.133. The van der Waals surface area contributed by atoms with Crippen molar-refractivity contribution in [1.29, 1.82) is 0 Å². The Morgan fingerprint density at radius 2 is 2.07 bits per heavy atom. The molecule has 0 spiro atoms. The average molecular weight is 212 g/mol. The minimum Gasteiger partial charge on any atom is -0.338 e. The third-order valence-electron chi connectivity index (χ3n) is 2.94. The second kappa shape index (κ2) is 6.11. The summed E-state index contributed by atoms with van der Waals surface area (Å²) in [4.78, 5) is 14.0. The highest BCUT2D eigenvalue weighted by Crippen LogP contribution is 2.27. The van der Waals surface area contributed by atoms with Gasteiger partial charge in [0.2, 0.25) is 5.91 Å². The van der Waals surface area contributed by atoms with Crippen molar-refractivity contribution in [2.24, 2.45) is 5.73 Å². The second-order valence-electron chi connectivity index (χ2n) is 4.51. The molecule has 0 aromatic heterocycles. The van der Waals surface area contributed by atoms with E-state index in [0.717, 1.165) is 32.2 Å². The topological polar surface area (TPSA) is 46.3 Å². The van der Waals surface area contributed by atoms with Crippen LogP contribution in [0.25, 0.3) is 0 Å². The summed E-state index contributed by atoms with van der Waals surface area (Å²) in [7, 11) is 0. The van der Waals surface area contributed by atoms with Crippen LogP contribution in [-0.2, 0) is 4.79 Å². The Balaban J connectivity index is 2.43. The summed E-state index contributed by atoms with van der Waals surface area (Å²) in [5, 5.41) is 0. The van der Waals surface area contributed by atoms with E-state index in [1.165, 1.54) is 12.8 Å². The number of carbonyl (C=O) groups is 1. The van der Waals surface area contributed by atoms with Crippen molar-refractivity contribution in [3.8, 4) is 0 Å². The zero-order valence-electron chi connectivity index (χ0n) is 10.0. The van der Waals surface area contributed by atoms with Crippen LogP contribution < -0.4 is 5.73 Å². The van der Waals surface area contributed by atoms with Crippen LogP contribution in [-0.4, -0.2) is 29.4 Å². The predicted octanol–water partition coefficient (Wildman–Crippen LogP) is 1.90. The Morgan fingerprint density at radius 1 is 1.40 bits per heavy atom. The van der Waals surface area contributed by atoms with Gasteiger partial charge in [-0.05, 0) is 25.7 Å². The van der Waals surface area contributed by atoms with Crippen LogP contribution >= 0.6 is 0 Å². The summed E-state index contributed by atoms with van der Waals surface area (Å²) in [6, 6.07) is 0.236. The van der Waals surface area contributed by atoms with Gasteiger partial charge in [-0.15, -0.1) is 0 Å². The number of hydrogen-bond donors (Lipinski definition) is 1. The summed E-state index contributed by atoms with van der Waals surface area (Å²) in [6.07, 6.45) is 6.39. The van der Waals surface area contributed by atoms with Gasteiger partial charge >= 0.3 is 0 Å². The van der Waals surface area contributed by atoms with Crippen LogP contribution in [0, 0.1) is 0 Å². The smallest absolute Gasteiger partial charge is 0.239 e. The molecule has 0 aliphatic heterocycles. The Kier molecular flexibility index (Phi) is 5.09. The fourth-order valence-corrected chi connectivity index (χ4v) is 1.83. The van der Waals surface area contributed by atoms with Crippen LogP contribution in [0.2, 0.25) is 0 Å². The molecule has 3 nitrogen and oxygen atoms in total. The molecule has 0 heterocycles. The molecule has 0 aromatic rings. The summed E-state index contributed by atoms with van der Waals surface area (Å²) < 4.78 is 0. The Hall–Kier alpha value is -0.570. The first-order chi connectivity index (χ1) is 7.20. The van der Waals surface area contributed by atoms with Gasteiger partial charge in [-0.2, -0.15) is 0 Å². The quantitative estimate of drug-likeness (QED) is 0.700. The number of amides is 1. The van der Waals surface area contributed by atoms with Gasteiger partial charge in [0.15, 0.2) is 0 Å². The first-order valence-electron chi connectivity index (χ1n) is 6.26. The second-order valence-corrected chi connectivity index (χ2v) is 4.51. The van der Waals surface area contributed by atoms with Crippen LogP contribution in [0.15, 0.2) is 0 Å². The van der Waals surface area contributed by atoms with E-state index in [4.69, 9.17) is 5.73 Å². The molecule has 0 bridgehead atoms. The maximum Gasteiger partial charge on any atom is 0.239 e. The fourth-order valence-electron chi connectivity index (χ4n) is 1.83. The molecule has 88 valence electrons. The number of rotatable bonds is 7. The fraction of sp³-hybridized carbons (Fsp3) is 0.917. The van der Waals surface area contributed by atoms with Crippen LogP contribution in [0.1, 0.15) is 52.4 Å². The lowest BCUT2D eigenvalue weighted by atomic mass is 10.1. The molecule has 1 rings (SSSR count). The van der Waals surface area contributed by atoms with E-state index in [-0.39, 0.29) is 11.9 Å². The minimum atomic E-state index is -0.271. The number of nitrogens with zero attached hydrogens (tertiary/aromatic N) is 1. The molecule has 1 aliphatic rings. The molecule has 15 heavy (non-hydrogen) atoms. The maximum absolute atomic E-state index is 12.0. The Morgan fingerprint density at radius 3 is 2.53 bits per heavy atom. The van der Waals surface area contributed by atoms with Crippen molar-refractivity contribution in [3.05, 3.63) is 0 Å². The van der Waals surface area contributed by atoms with Crippen molar-refractivity contribution in [3.63, 3.8) is 0 Å². The van der Waals surface area contributed by atoms with E-state index in [0.29, 0.717) is 6.04 Å². The Labute approximate surface area is 93.0 Å². The zero-order valence-corrected chi connectivity index (χ0v) is 10.0. The monoisotopic (exact) mass is 212 g/mol. The van der Waals surface area contributed by atoms with E-state index in [1.807, 2.05) is 4.90 Å². The van der Waals surface area contributed by atoms with E-state index < -0.39 is 0 Å². The molecule has 0 aromatic carbocycles. The van der Waals surface area contributed by atoms with Gasteiger partial charge in [0.05, 0.1) is 6.04 Å². The van der Waals surface area contributed by atoms with Gasteiger partial charge in [-0.25, -0.2) is 0 Å².